The Labute approximate surface area is 323 Å². The lowest BCUT2D eigenvalue weighted by atomic mass is 9.49. The minimum absolute atomic E-state index is 0.0128. The number of nitrogens with one attached hydrogen (secondary N) is 1. The molecule has 0 bridgehead atoms. The van der Waals surface area contributed by atoms with Gasteiger partial charge in [0, 0.05) is 33.7 Å². The first kappa shape index (κ1) is 35.6. The number of nitro benzene ring substituents is 1. The Morgan fingerprint density at radius 3 is 2.22 bits per heavy atom. The highest BCUT2D eigenvalue weighted by Crippen LogP contribution is 2.65. The van der Waals surface area contributed by atoms with Crippen molar-refractivity contribution in [1.82, 2.24) is 5.01 Å². The van der Waals surface area contributed by atoms with Crippen molar-refractivity contribution in [3.8, 4) is 11.5 Å². The highest BCUT2D eigenvalue weighted by atomic mass is 35.5. The molecule has 15 heteroatoms. The predicted octanol–water partition coefficient (Wildman–Crippen LogP) is 7.46. The van der Waals surface area contributed by atoms with Gasteiger partial charge in [0.2, 0.25) is 11.8 Å². The zero-order chi connectivity index (χ0) is 38.2. The Hall–Kier alpha value is -5.43. The molecule has 12 nitrogen and oxygen atoms in total. The molecule has 2 saturated heterocycles. The number of rotatable bonds is 7. The maximum atomic E-state index is 15.3. The van der Waals surface area contributed by atoms with Crippen LogP contribution in [0.5, 0.6) is 11.5 Å². The van der Waals surface area contributed by atoms with E-state index in [1.54, 1.807) is 36.4 Å². The average molecular weight is 788 g/mol. The van der Waals surface area contributed by atoms with E-state index in [1.807, 2.05) is 6.08 Å². The molecule has 1 saturated carbocycles. The van der Waals surface area contributed by atoms with Gasteiger partial charge in [-0.25, -0.2) is 0 Å². The predicted molar refractivity (Wildman–Crippen MR) is 199 cm³/mol. The first-order valence-corrected chi connectivity index (χ1v) is 18.1. The summed E-state index contributed by atoms with van der Waals surface area (Å²) in [6, 6.07) is 20.9. The molecular weight excluding hydrogens is 759 g/mol. The van der Waals surface area contributed by atoms with Crippen LogP contribution < -0.4 is 15.1 Å². The molecule has 4 aromatic carbocycles. The van der Waals surface area contributed by atoms with Gasteiger partial charge in [-0.15, -0.1) is 0 Å². The quantitative estimate of drug-likeness (QED) is 0.0839. The van der Waals surface area contributed by atoms with Gasteiger partial charge in [0.25, 0.3) is 17.5 Å². The van der Waals surface area contributed by atoms with Crippen molar-refractivity contribution in [3.05, 3.63) is 133 Å². The molecule has 274 valence electrons. The van der Waals surface area contributed by atoms with E-state index < -0.39 is 63.6 Å². The number of hydrogen-bond donors (Lipinski definition) is 2. The molecule has 2 aliphatic carbocycles. The molecule has 2 N–H and O–H groups in total. The van der Waals surface area contributed by atoms with Crippen molar-refractivity contribution in [2.45, 2.75) is 24.2 Å². The fourth-order valence-corrected chi connectivity index (χ4v) is 9.55. The largest absolute Gasteiger partial charge is 0.508 e. The fraction of sp³-hybridized carbons (Fsp3) is 0.231. The molecule has 8 rings (SSSR count). The van der Waals surface area contributed by atoms with Crippen LogP contribution in [0, 0.1) is 33.8 Å². The summed E-state index contributed by atoms with van der Waals surface area (Å²) in [5, 5.41) is 24.6. The lowest BCUT2D eigenvalue weighted by Gasteiger charge is -2.50. The number of anilines is 2. The molecule has 54 heavy (non-hydrogen) atoms. The van der Waals surface area contributed by atoms with Crippen LogP contribution in [0.15, 0.2) is 96.6 Å². The van der Waals surface area contributed by atoms with E-state index in [2.05, 4.69) is 5.43 Å². The fourth-order valence-electron chi connectivity index (χ4n) is 8.92. The Morgan fingerprint density at radius 2 is 1.56 bits per heavy atom. The Balaban J connectivity index is 1.32. The maximum Gasteiger partial charge on any atom is 0.269 e. The summed E-state index contributed by atoms with van der Waals surface area (Å²) in [6.45, 7) is 0. The number of non-ortho nitro benzene ring substituents is 1. The number of aromatic hydroxyl groups is 1. The zero-order valence-corrected chi connectivity index (χ0v) is 30.5. The van der Waals surface area contributed by atoms with Crippen LogP contribution in [0.3, 0.4) is 0 Å². The van der Waals surface area contributed by atoms with Crippen LogP contribution in [0.1, 0.15) is 29.9 Å². The summed E-state index contributed by atoms with van der Waals surface area (Å²) in [4.78, 5) is 70.5. The number of phenolic OH excluding ortho intramolecular Hbond substituents is 1. The number of carbonyl (C=O) groups excluding carboxylic acids is 4. The molecule has 0 radical (unpaired) electrons. The van der Waals surface area contributed by atoms with E-state index in [1.165, 1.54) is 55.6 Å². The standard InChI is InChI=1S/C39H29Cl3N4O8/c1-54-24-10-2-19(3-11-24)39-29(36(49)45(38(39)51)43-31-14-4-21(41)17-30(31)42)18-27-25(34(39)28-16-20(40)5-15-32(28)47)12-13-26-33(27)37(50)44(35(26)48)22-6-8-23(9-7-22)46(52)53/h2-12,14-17,26-27,29,33-34,43,47H,13,18H2,1H3/t26-,27+,29-,33-,34+,39+/m0/s1. The lowest BCUT2D eigenvalue weighted by molar-refractivity contribution is -0.384. The second-order valence-corrected chi connectivity index (χ2v) is 15.0. The molecule has 2 aliphatic heterocycles. The summed E-state index contributed by atoms with van der Waals surface area (Å²) >= 11 is 19.2. The Bertz CT molecular complexity index is 2320. The molecule has 4 aromatic rings. The van der Waals surface area contributed by atoms with E-state index in [0.717, 1.165) is 9.91 Å². The molecule has 3 fully saturated rings. The number of ether oxygens (including phenoxy) is 1. The number of phenols is 1. The van der Waals surface area contributed by atoms with Gasteiger partial charge in [-0.3, -0.25) is 39.6 Å². The van der Waals surface area contributed by atoms with Gasteiger partial charge in [0.05, 0.1) is 51.6 Å². The number of fused-ring (bicyclic) bond motifs is 4. The third kappa shape index (κ3) is 5.26. The molecule has 4 amide bonds. The van der Waals surface area contributed by atoms with Crippen molar-refractivity contribution in [3.63, 3.8) is 0 Å². The van der Waals surface area contributed by atoms with Gasteiger partial charge in [0.15, 0.2) is 0 Å². The van der Waals surface area contributed by atoms with E-state index in [0.29, 0.717) is 21.9 Å². The van der Waals surface area contributed by atoms with Crippen molar-refractivity contribution in [2.75, 3.05) is 17.4 Å². The third-order valence-electron chi connectivity index (χ3n) is 11.2. The first-order valence-electron chi connectivity index (χ1n) is 16.9. The summed E-state index contributed by atoms with van der Waals surface area (Å²) in [5.41, 5.74) is 2.75. The van der Waals surface area contributed by atoms with Crippen molar-refractivity contribution >= 4 is 75.5 Å². The normalized spacial score (nSPS) is 25.9. The molecule has 6 atom stereocenters. The number of hydrogen-bond acceptors (Lipinski definition) is 9. The number of carbonyl (C=O) groups is 4. The molecular formula is C39H29Cl3N4O8. The Kier molecular flexibility index (Phi) is 8.67. The van der Waals surface area contributed by atoms with E-state index in [-0.39, 0.29) is 51.3 Å². The SMILES string of the molecule is COc1ccc([C@@]23C(=O)N(Nc4ccc(Cl)cc4Cl)C(=O)[C@@H]2C[C@@H]2C(=CC[C@@H]4C(=O)N(c5ccc([N+](=O)[O-])cc5)C(=O)[C@@H]42)[C@@H]3c2cc(Cl)ccc2O)cc1. The topological polar surface area (TPSA) is 159 Å². The van der Waals surface area contributed by atoms with Crippen molar-refractivity contribution in [1.29, 1.82) is 0 Å². The molecule has 2 heterocycles. The molecule has 0 aromatic heterocycles. The van der Waals surface area contributed by atoms with Crippen molar-refractivity contribution in [2.24, 2.45) is 23.7 Å². The van der Waals surface area contributed by atoms with Gasteiger partial charge in [-0.2, -0.15) is 5.01 Å². The van der Waals surface area contributed by atoms with E-state index in [9.17, 15) is 29.6 Å². The molecule has 0 spiro atoms. The average Bonchev–Trinajstić information content (AvgIpc) is 3.54. The number of allylic oxidation sites excluding steroid dienone is 2. The second-order valence-electron chi connectivity index (χ2n) is 13.7. The van der Waals surface area contributed by atoms with E-state index in [4.69, 9.17) is 39.5 Å². The van der Waals surface area contributed by atoms with Crippen LogP contribution in [0.4, 0.5) is 17.1 Å². The lowest BCUT2D eigenvalue weighted by Crippen LogP contribution is -2.53. The third-order valence-corrected chi connectivity index (χ3v) is 12.0. The van der Waals surface area contributed by atoms with Crippen LogP contribution in [0.2, 0.25) is 15.1 Å². The van der Waals surface area contributed by atoms with Crippen molar-refractivity contribution < 1.29 is 33.9 Å². The minimum atomic E-state index is -1.70. The number of nitrogens with zero attached hydrogens (tertiary/aromatic N) is 3. The summed E-state index contributed by atoms with van der Waals surface area (Å²) in [5.74, 6) is -6.60. The van der Waals surface area contributed by atoms with Gasteiger partial charge in [-0.1, -0.05) is 58.6 Å². The number of hydrazine groups is 1. The van der Waals surface area contributed by atoms with Crippen LogP contribution in [0.25, 0.3) is 0 Å². The highest BCUT2D eigenvalue weighted by Gasteiger charge is 2.70. The van der Waals surface area contributed by atoms with E-state index >= 15 is 4.79 Å². The Morgan fingerprint density at radius 1 is 0.870 bits per heavy atom. The second kappa shape index (κ2) is 13.2. The molecule has 0 unspecified atom stereocenters. The summed E-state index contributed by atoms with van der Waals surface area (Å²) < 4.78 is 5.43. The number of benzene rings is 4. The minimum Gasteiger partial charge on any atom is -0.508 e. The maximum absolute atomic E-state index is 15.3. The molecule has 4 aliphatic rings. The van der Waals surface area contributed by atoms with Crippen LogP contribution in [-0.4, -0.2) is 45.8 Å². The number of halogens is 3. The summed E-state index contributed by atoms with van der Waals surface area (Å²) in [7, 11) is 1.50. The number of amides is 4. The van der Waals surface area contributed by atoms with Gasteiger partial charge >= 0.3 is 0 Å². The van der Waals surface area contributed by atoms with Gasteiger partial charge < -0.3 is 9.84 Å². The van der Waals surface area contributed by atoms with Crippen LogP contribution in [-0.2, 0) is 24.6 Å². The van der Waals surface area contributed by atoms with Gasteiger partial charge in [0.1, 0.15) is 11.5 Å². The summed E-state index contributed by atoms with van der Waals surface area (Å²) in [6.07, 6.45) is 1.95. The first-order chi connectivity index (χ1) is 25.9. The highest BCUT2D eigenvalue weighted by molar-refractivity contribution is 6.36. The van der Waals surface area contributed by atoms with Gasteiger partial charge in [-0.05, 0) is 85.0 Å². The zero-order valence-electron chi connectivity index (χ0n) is 28.2. The monoisotopic (exact) mass is 786 g/mol. The number of nitro groups is 1. The van der Waals surface area contributed by atoms with Crippen LogP contribution >= 0.6 is 34.8 Å². The number of imide groups is 2. The smallest absolute Gasteiger partial charge is 0.269 e. The number of methoxy groups -OCH3 is 1.